The fraction of sp³-hybridized carbons (Fsp3) is 0.562. The van der Waals surface area contributed by atoms with Crippen LogP contribution in [0.1, 0.15) is 19.4 Å². The average molecular weight is 375 g/mol. The maximum absolute atomic E-state index is 13.4. The second kappa shape index (κ2) is 7.99. The van der Waals surface area contributed by atoms with Gasteiger partial charge in [0.15, 0.2) is 0 Å². The van der Waals surface area contributed by atoms with E-state index in [9.17, 15) is 17.2 Å². The van der Waals surface area contributed by atoms with Crippen molar-refractivity contribution in [2.75, 3.05) is 30.3 Å². The number of ether oxygens (including phenoxy) is 1. The molecule has 9 heteroatoms. The van der Waals surface area contributed by atoms with Gasteiger partial charge in [-0.1, -0.05) is 19.9 Å². The molecule has 1 heterocycles. The number of nitrogens with one attached hydrogen (secondary N) is 1. The number of hydrogen-bond acceptors (Lipinski definition) is 5. The molecular formula is C16H23F2N3O3S. The summed E-state index contributed by atoms with van der Waals surface area (Å²) in [5.41, 5.74) is 0.395. The van der Waals surface area contributed by atoms with E-state index < -0.39 is 16.6 Å². The van der Waals surface area contributed by atoms with Crippen LogP contribution in [0.3, 0.4) is 0 Å². The predicted octanol–water partition coefficient (Wildman–Crippen LogP) is 2.25. The fourth-order valence-electron chi connectivity index (χ4n) is 2.63. The number of hydrogen-bond donors (Lipinski definition) is 1. The van der Waals surface area contributed by atoms with Crippen LogP contribution in [0.15, 0.2) is 23.2 Å². The molecule has 0 radical (unpaired) electrons. The second-order valence-corrected chi connectivity index (χ2v) is 8.09. The number of nitrogens with zero attached hydrogens (tertiary/aromatic N) is 2. The molecule has 0 atom stereocenters. The van der Waals surface area contributed by atoms with E-state index in [2.05, 4.69) is 10.3 Å². The Hall–Kier alpha value is -1.90. The van der Waals surface area contributed by atoms with Crippen molar-refractivity contribution in [3.05, 3.63) is 23.8 Å². The van der Waals surface area contributed by atoms with Gasteiger partial charge in [0, 0.05) is 12.1 Å². The zero-order chi connectivity index (χ0) is 18.6. The highest BCUT2D eigenvalue weighted by molar-refractivity contribution is 7.92. The Balaban J connectivity index is 2.42. The van der Waals surface area contributed by atoms with Crippen LogP contribution in [0.5, 0.6) is 5.75 Å². The Morgan fingerprint density at radius 3 is 2.60 bits per heavy atom. The first-order chi connectivity index (χ1) is 11.7. The molecular weight excluding hydrogens is 352 g/mol. The van der Waals surface area contributed by atoms with Crippen molar-refractivity contribution < 1.29 is 21.9 Å². The number of rotatable bonds is 8. The molecule has 0 aliphatic carbocycles. The quantitative estimate of drug-likeness (QED) is 0.708. The van der Waals surface area contributed by atoms with Crippen molar-refractivity contribution in [3.63, 3.8) is 0 Å². The van der Waals surface area contributed by atoms with Gasteiger partial charge in [0.25, 0.3) is 0 Å². The molecule has 2 rings (SSSR count). The van der Waals surface area contributed by atoms with Crippen LogP contribution in [-0.4, -0.2) is 46.8 Å². The van der Waals surface area contributed by atoms with Crippen molar-refractivity contribution >= 4 is 21.5 Å². The first-order valence-electron chi connectivity index (χ1n) is 7.99. The van der Waals surface area contributed by atoms with E-state index in [0.29, 0.717) is 30.1 Å². The monoisotopic (exact) mass is 375 g/mol. The summed E-state index contributed by atoms with van der Waals surface area (Å²) in [5.74, 6) is 1.20. The smallest absolute Gasteiger partial charge is 0.327 e. The summed E-state index contributed by atoms with van der Waals surface area (Å²) >= 11 is 0. The van der Waals surface area contributed by atoms with Crippen molar-refractivity contribution in [1.29, 1.82) is 0 Å². The lowest BCUT2D eigenvalue weighted by Gasteiger charge is -2.26. The van der Waals surface area contributed by atoms with Gasteiger partial charge < -0.3 is 10.1 Å². The third-order valence-corrected chi connectivity index (χ3v) is 4.67. The number of anilines is 1. The number of halogens is 2. The van der Waals surface area contributed by atoms with E-state index in [0.717, 1.165) is 12.8 Å². The first kappa shape index (κ1) is 19.4. The molecule has 25 heavy (non-hydrogen) atoms. The first-order valence-corrected chi connectivity index (χ1v) is 9.84. The third kappa shape index (κ3) is 5.04. The summed E-state index contributed by atoms with van der Waals surface area (Å²) in [4.78, 5) is 4.22. The van der Waals surface area contributed by atoms with Crippen molar-refractivity contribution in [1.82, 2.24) is 5.32 Å². The summed E-state index contributed by atoms with van der Waals surface area (Å²) < 4.78 is 56.5. The molecule has 0 unspecified atom stereocenters. The molecule has 0 fully saturated rings. The molecule has 0 saturated heterocycles. The molecule has 0 spiro atoms. The molecule has 0 aromatic heterocycles. The molecule has 1 aromatic rings. The molecule has 0 bridgehead atoms. The van der Waals surface area contributed by atoms with Crippen LogP contribution in [-0.2, 0) is 16.4 Å². The molecule has 0 amide bonds. The Morgan fingerprint density at radius 2 is 2.08 bits per heavy atom. The predicted molar refractivity (Wildman–Crippen MR) is 94.1 cm³/mol. The lowest BCUT2D eigenvalue weighted by molar-refractivity contribution is 0.162. The normalized spacial score (nSPS) is 14.6. The highest BCUT2D eigenvalue weighted by atomic mass is 32.2. The van der Waals surface area contributed by atoms with Crippen LogP contribution in [0.4, 0.5) is 14.5 Å². The third-order valence-electron chi connectivity index (χ3n) is 3.60. The lowest BCUT2D eigenvalue weighted by atomic mass is 10.00. The van der Waals surface area contributed by atoms with Crippen LogP contribution in [0, 0.1) is 5.92 Å². The lowest BCUT2D eigenvalue weighted by Crippen LogP contribution is -2.35. The number of amidine groups is 1. The van der Waals surface area contributed by atoms with Gasteiger partial charge in [-0.15, -0.1) is 0 Å². The van der Waals surface area contributed by atoms with Crippen molar-refractivity contribution in [2.45, 2.75) is 26.8 Å². The number of sulfonamides is 1. The maximum atomic E-state index is 13.4. The Morgan fingerprint density at radius 1 is 1.36 bits per heavy atom. The number of benzene rings is 1. The average Bonchev–Trinajstić information content (AvgIpc) is 2.98. The minimum Gasteiger partial charge on any atom is -0.485 e. The highest BCUT2D eigenvalue weighted by Crippen LogP contribution is 2.34. The van der Waals surface area contributed by atoms with Crippen LogP contribution in [0.2, 0.25) is 0 Å². The van der Waals surface area contributed by atoms with Gasteiger partial charge in [-0.05, 0) is 24.5 Å². The molecule has 6 nitrogen and oxygen atoms in total. The summed E-state index contributed by atoms with van der Waals surface area (Å²) in [6.07, 6.45) is 1.17. The van der Waals surface area contributed by atoms with Gasteiger partial charge in [-0.3, -0.25) is 4.99 Å². The van der Waals surface area contributed by atoms with Gasteiger partial charge in [0.2, 0.25) is 10.0 Å². The Bertz CT molecular complexity index is 736. The van der Waals surface area contributed by atoms with E-state index in [1.54, 1.807) is 6.07 Å². The largest absolute Gasteiger partial charge is 0.485 e. The Kier molecular flexibility index (Phi) is 6.21. The minimum absolute atomic E-state index is 0.0509. The summed E-state index contributed by atoms with van der Waals surface area (Å²) in [5, 5.41) is 3.07. The fourth-order valence-corrected chi connectivity index (χ4v) is 3.45. The van der Waals surface area contributed by atoms with Crippen LogP contribution >= 0.6 is 0 Å². The number of aliphatic imine (C=N–C) groups is 1. The summed E-state index contributed by atoms with van der Waals surface area (Å²) in [6.45, 7) is 2.28. The molecule has 1 N–H and O–H groups in total. The van der Waals surface area contributed by atoms with Crippen LogP contribution in [0.25, 0.3) is 0 Å². The summed E-state index contributed by atoms with van der Waals surface area (Å²) in [6, 6.07) is 4.55. The van der Waals surface area contributed by atoms with Crippen molar-refractivity contribution in [2.24, 2.45) is 10.9 Å². The molecule has 140 valence electrons. The van der Waals surface area contributed by atoms with E-state index in [4.69, 9.17) is 4.74 Å². The second-order valence-electron chi connectivity index (χ2n) is 6.23. The summed E-state index contributed by atoms with van der Waals surface area (Å²) in [7, 11) is -4.13. The zero-order valence-corrected chi connectivity index (χ0v) is 15.3. The topological polar surface area (TPSA) is 71.0 Å². The van der Waals surface area contributed by atoms with E-state index in [1.165, 1.54) is 12.1 Å². The van der Waals surface area contributed by atoms with Gasteiger partial charge >= 0.3 is 6.55 Å². The Labute approximate surface area is 146 Å². The van der Waals surface area contributed by atoms with Crippen LogP contribution < -0.4 is 14.4 Å². The molecule has 1 aliphatic heterocycles. The molecule has 1 aliphatic rings. The van der Waals surface area contributed by atoms with Gasteiger partial charge in [-0.25, -0.2) is 12.7 Å². The highest BCUT2D eigenvalue weighted by Gasteiger charge is 2.30. The van der Waals surface area contributed by atoms with Gasteiger partial charge in [-0.2, -0.15) is 8.78 Å². The molecule has 0 saturated carbocycles. The maximum Gasteiger partial charge on any atom is 0.327 e. The van der Waals surface area contributed by atoms with E-state index in [1.807, 2.05) is 13.8 Å². The molecule has 1 aromatic carbocycles. The standard InChI is InChI=1S/C16H23F2N3O3S/c1-11(2)9-12-13(21(16(17)18)25(3,22)23)5-4-6-14(12)24-10-15-19-7-8-20-15/h4-6,11,16H,7-10H2,1-3H3,(H,19,20). The van der Waals surface area contributed by atoms with Crippen molar-refractivity contribution in [3.8, 4) is 5.75 Å². The van der Waals surface area contributed by atoms with Gasteiger partial charge in [0.1, 0.15) is 18.2 Å². The SMILES string of the molecule is CC(C)Cc1c(OCC2=NCCN2)cccc1N(C(F)F)S(C)(=O)=O. The van der Waals surface area contributed by atoms with E-state index >= 15 is 0 Å². The zero-order valence-electron chi connectivity index (χ0n) is 14.5. The van der Waals surface area contributed by atoms with E-state index in [-0.39, 0.29) is 22.5 Å². The minimum atomic E-state index is -4.13. The van der Waals surface area contributed by atoms with Gasteiger partial charge in [0.05, 0.1) is 18.5 Å². The number of alkyl halides is 2.